The third-order valence-corrected chi connectivity index (χ3v) is 3.30. The highest BCUT2D eigenvalue weighted by Crippen LogP contribution is 2.26. The second-order valence-corrected chi connectivity index (χ2v) is 4.44. The van der Waals surface area contributed by atoms with Gasteiger partial charge in [-0.2, -0.15) is 11.3 Å². The fraction of sp³-hybridized carbons (Fsp3) is 0.167. The first kappa shape index (κ1) is 11.3. The molecule has 1 aromatic heterocycles. The Bertz CT molecular complexity index is 468. The van der Waals surface area contributed by atoms with Crippen molar-refractivity contribution in [3.05, 3.63) is 57.5 Å². The number of hydrazine groups is 1. The lowest BCUT2D eigenvalue weighted by Gasteiger charge is -2.17. The molecule has 0 saturated heterocycles. The first-order valence-corrected chi connectivity index (χ1v) is 5.91. The van der Waals surface area contributed by atoms with Gasteiger partial charge in [0.2, 0.25) is 0 Å². The number of nitrogens with one attached hydrogen (secondary N) is 1. The highest BCUT2D eigenvalue weighted by atomic mass is 32.1. The maximum Gasteiger partial charge on any atom is 0.123 e. The Hall–Kier alpha value is -1.23. The molecule has 0 aliphatic heterocycles. The molecule has 2 nitrogen and oxygen atoms in total. The molecule has 3 N–H and O–H groups in total. The first-order valence-electron chi connectivity index (χ1n) is 4.96. The maximum atomic E-state index is 13.2. The van der Waals surface area contributed by atoms with Crippen LogP contribution in [-0.2, 0) is 0 Å². The summed E-state index contributed by atoms with van der Waals surface area (Å²) in [7, 11) is 0. The zero-order valence-electron chi connectivity index (χ0n) is 8.91. The molecule has 1 heterocycles. The van der Waals surface area contributed by atoms with Gasteiger partial charge in [-0.3, -0.25) is 5.84 Å². The molecule has 0 aliphatic rings. The number of benzene rings is 1. The van der Waals surface area contributed by atoms with Crippen LogP contribution in [-0.4, -0.2) is 0 Å². The van der Waals surface area contributed by atoms with Crippen LogP contribution in [0.3, 0.4) is 0 Å². The van der Waals surface area contributed by atoms with E-state index in [2.05, 4.69) is 5.43 Å². The average Bonchev–Trinajstić information content (AvgIpc) is 2.78. The summed E-state index contributed by atoms with van der Waals surface area (Å²) < 4.78 is 13.2. The largest absolute Gasteiger partial charge is 0.271 e. The highest BCUT2D eigenvalue weighted by Gasteiger charge is 2.15. The minimum Gasteiger partial charge on any atom is -0.271 e. The molecule has 2 rings (SSSR count). The van der Waals surface area contributed by atoms with Gasteiger partial charge < -0.3 is 0 Å². The number of nitrogens with two attached hydrogens (primary N) is 1. The van der Waals surface area contributed by atoms with Crippen molar-refractivity contribution in [2.75, 3.05) is 0 Å². The maximum absolute atomic E-state index is 13.2. The van der Waals surface area contributed by atoms with E-state index in [1.54, 1.807) is 17.4 Å². The van der Waals surface area contributed by atoms with E-state index in [0.29, 0.717) is 0 Å². The van der Waals surface area contributed by atoms with Crippen molar-refractivity contribution in [2.24, 2.45) is 5.84 Å². The quantitative estimate of drug-likeness (QED) is 0.635. The average molecular weight is 236 g/mol. The molecule has 2 aromatic rings. The van der Waals surface area contributed by atoms with Crippen LogP contribution in [0.2, 0.25) is 0 Å². The Morgan fingerprint density at radius 2 is 2.19 bits per heavy atom. The molecule has 0 saturated carbocycles. The summed E-state index contributed by atoms with van der Waals surface area (Å²) in [5, 5.41) is 3.99. The van der Waals surface area contributed by atoms with Crippen LogP contribution in [0, 0.1) is 12.7 Å². The van der Waals surface area contributed by atoms with Gasteiger partial charge in [0, 0.05) is 0 Å². The third-order valence-electron chi connectivity index (χ3n) is 2.60. The van der Waals surface area contributed by atoms with Gasteiger partial charge in [0.05, 0.1) is 6.04 Å². The Labute approximate surface area is 97.9 Å². The monoisotopic (exact) mass is 236 g/mol. The van der Waals surface area contributed by atoms with Crippen LogP contribution >= 0.6 is 11.3 Å². The molecule has 16 heavy (non-hydrogen) atoms. The smallest absolute Gasteiger partial charge is 0.123 e. The minimum absolute atomic E-state index is 0.151. The molecule has 4 heteroatoms. The molecule has 84 valence electrons. The van der Waals surface area contributed by atoms with E-state index in [4.69, 9.17) is 5.84 Å². The van der Waals surface area contributed by atoms with Crippen LogP contribution in [0.15, 0.2) is 35.0 Å². The van der Waals surface area contributed by atoms with Crippen molar-refractivity contribution in [2.45, 2.75) is 13.0 Å². The van der Waals surface area contributed by atoms with E-state index in [1.807, 2.05) is 23.8 Å². The fourth-order valence-electron chi connectivity index (χ4n) is 1.73. The zero-order chi connectivity index (χ0) is 11.5. The van der Waals surface area contributed by atoms with Crippen LogP contribution < -0.4 is 11.3 Å². The number of rotatable bonds is 3. The van der Waals surface area contributed by atoms with Gasteiger partial charge >= 0.3 is 0 Å². The number of hydrogen-bond acceptors (Lipinski definition) is 3. The van der Waals surface area contributed by atoms with Gasteiger partial charge in [-0.15, -0.1) is 0 Å². The van der Waals surface area contributed by atoms with Crippen molar-refractivity contribution in [1.82, 2.24) is 5.43 Å². The normalized spacial score (nSPS) is 12.7. The second kappa shape index (κ2) is 4.74. The van der Waals surface area contributed by atoms with Crippen LogP contribution in [0.25, 0.3) is 0 Å². The molecule has 0 amide bonds. The number of halogens is 1. The molecule has 0 aliphatic carbocycles. The summed E-state index contributed by atoms with van der Waals surface area (Å²) >= 11 is 1.60. The van der Waals surface area contributed by atoms with Crippen molar-refractivity contribution >= 4 is 11.3 Å². The molecule has 1 atom stereocenters. The molecule has 0 spiro atoms. The van der Waals surface area contributed by atoms with E-state index in [9.17, 15) is 4.39 Å². The molecule has 1 aromatic carbocycles. The SMILES string of the molecule is Cc1ccc(F)cc1C(NN)c1ccsc1. The summed E-state index contributed by atoms with van der Waals surface area (Å²) in [6, 6.07) is 6.58. The lowest BCUT2D eigenvalue weighted by atomic mass is 9.97. The Morgan fingerprint density at radius 3 is 2.81 bits per heavy atom. The molecule has 1 unspecified atom stereocenters. The lowest BCUT2D eigenvalue weighted by Crippen LogP contribution is -2.29. The Balaban J connectivity index is 2.44. The summed E-state index contributed by atoms with van der Waals surface area (Å²) in [5.41, 5.74) is 5.68. The van der Waals surface area contributed by atoms with Crippen LogP contribution in [0.1, 0.15) is 22.7 Å². The topological polar surface area (TPSA) is 38.0 Å². The van der Waals surface area contributed by atoms with Crippen molar-refractivity contribution < 1.29 is 4.39 Å². The summed E-state index contributed by atoms with van der Waals surface area (Å²) in [6.07, 6.45) is 0. The standard InChI is InChI=1S/C12H13FN2S/c1-8-2-3-10(13)6-11(8)12(15-14)9-4-5-16-7-9/h2-7,12,15H,14H2,1H3. The van der Waals surface area contributed by atoms with Gasteiger partial charge in [0.25, 0.3) is 0 Å². The molecule has 0 bridgehead atoms. The van der Waals surface area contributed by atoms with Gasteiger partial charge in [-0.25, -0.2) is 9.82 Å². The van der Waals surface area contributed by atoms with Gasteiger partial charge in [-0.05, 0) is 52.6 Å². The number of aryl methyl sites for hydroxylation is 1. The molecule has 0 radical (unpaired) electrons. The van der Waals surface area contributed by atoms with Gasteiger partial charge in [0.15, 0.2) is 0 Å². The van der Waals surface area contributed by atoms with E-state index in [-0.39, 0.29) is 11.9 Å². The van der Waals surface area contributed by atoms with Gasteiger partial charge in [0.1, 0.15) is 5.82 Å². The second-order valence-electron chi connectivity index (χ2n) is 3.66. The lowest BCUT2D eigenvalue weighted by molar-refractivity contribution is 0.603. The summed E-state index contributed by atoms with van der Waals surface area (Å²) in [5.74, 6) is 5.31. The van der Waals surface area contributed by atoms with Crippen LogP contribution in [0.4, 0.5) is 4.39 Å². The number of hydrogen-bond donors (Lipinski definition) is 2. The third kappa shape index (κ3) is 2.14. The highest BCUT2D eigenvalue weighted by molar-refractivity contribution is 7.08. The Kier molecular flexibility index (Phi) is 3.33. The number of thiophene rings is 1. The van der Waals surface area contributed by atoms with E-state index in [1.165, 1.54) is 12.1 Å². The van der Waals surface area contributed by atoms with Crippen molar-refractivity contribution in [1.29, 1.82) is 0 Å². The zero-order valence-corrected chi connectivity index (χ0v) is 9.72. The predicted octanol–water partition coefficient (Wildman–Crippen LogP) is 2.75. The van der Waals surface area contributed by atoms with Crippen LogP contribution in [0.5, 0.6) is 0 Å². The summed E-state index contributed by atoms with van der Waals surface area (Å²) in [6.45, 7) is 1.95. The van der Waals surface area contributed by atoms with Gasteiger partial charge in [-0.1, -0.05) is 6.07 Å². The molecule has 0 fully saturated rings. The van der Waals surface area contributed by atoms with E-state index < -0.39 is 0 Å². The van der Waals surface area contributed by atoms with Crippen molar-refractivity contribution in [3.63, 3.8) is 0 Å². The first-order chi connectivity index (χ1) is 7.72. The Morgan fingerprint density at radius 1 is 1.38 bits per heavy atom. The molecular weight excluding hydrogens is 223 g/mol. The minimum atomic E-state index is -0.240. The molecular formula is C12H13FN2S. The fourth-order valence-corrected chi connectivity index (χ4v) is 2.41. The predicted molar refractivity (Wildman–Crippen MR) is 64.6 cm³/mol. The summed E-state index contributed by atoms with van der Waals surface area (Å²) in [4.78, 5) is 0. The van der Waals surface area contributed by atoms with Crippen molar-refractivity contribution in [3.8, 4) is 0 Å². The van der Waals surface area contributed by atoms with E-state index >= 15 is 0 Å². The van der Waals surface area contributed by atoms with E-state index in [0.717, 1.165) is 16.7 Å².